The molecule has 2 aromatic rings. The summed E-state index contributed by atoms with van der Waals surface area (Å²) in [6.07, 6.45) is 1.34. The molecule has 6 nitrogen and oxygen atoms in total. The number of anilines is 1. The first kappa shape index (κ1) is 21.5. The number of rotatable bonds is 5. The number of nitrogens with one attached hydrogen (secondary N) is 1. The van der Waals surface area contributed by atoms with Crippen LogP contribution in [-0.2, 0) is 9.59 Å². The van der Waals surface area contributed by atoms with E-state index in [1.54, 1.807) is 23.1 Å². The molecule has 2 heterocycles. The summed E-state index contributed by atoms with van der Waals surface area (Å²) in [6, 6.07) is 10.4. The Morgan fingerprint density at radius 3 is 2.42 bits per heavy atom. The molecule has 4 rings (SSSR count). The number of fused-ring (bicyclic) bond motifs is 1. The van der Waals surface area contributed by atoms with E-state index in [0.29, 0.717) is 59.3 Å². The molecule has 162 valence electrons. The van der Waals surface area contributed by atoms with E-state index in [1.807, 2.05) is 17.0 Å². The number of carbonyl (C=O) groups excluding carboxylic acids is 2. The third-order valence-corrected chi connectivity index (χ3v) is 6.52. The van der Waals surface area contributed by atoms with E-state index in [0.717, 1.165) is 5.56 Å². The Hall–Kier alpha value is -2.70. The molecule has 2 saturated heterocycles. The normalized spacial score (nSPS) is 19.9. The predicted octanol–water partition coefficient (Wildman–Crippen LogP) is 3.88. The molecule has 0 bridgehead atoms. The van der Waals surface area contributed by atoms with Gasteiger partial charge < -0.3 is 20.2 Å². The number of amides is 2. The summed E-state index contributed by atoms with van der Waals surface area (Å²) in [5, 5.41) is 14.3. The maximum atomic E-state index is 12.7. The number of hydrogen-bond acceptors (Lipinski definition) is 4. The molecule has 8 heteroatoms. The second-order valence-electron chi connectivity index (χ2n) is 7.98. The predicted molar refractivity (Wildman–Crippen MR) is 122 cm³/mol. The number of phenols is 1. The van der Waals surface area contributed by atoms with Gasteiger partial charge in [0.2, 0.25) is 11.8 Å². The minimum absolute atomic E-state index is 0.0274. The largest absolute Gasteiger partial charge is 0.506 e. The van der Waals surface area contributed by atoms with Gasteiger partial charge in [0.1, 0.15) is 5.75 Å². The van der Waals surface area contributed by atoms with Gasteiger partial charge in [-0.25, -0.2) is 0 Å². The van der Waals surface area contributed by atoms with Crippen molar-refractivity contribution < 1.29 is 14.7 Å². The number of hydrogen-bond donors (Lipinski definition) is 2. The highest BCUT2D eigenvalue weighted by Crippen LogP contribution is 2.37. The summed E-state index contributed by atoms with van der Waals surface area (Å²) in [5.74, 6) is 0.468. The van der Waals surface area contributed by atoms with Crippen molar-refractivity contribution >= 4 is 40.7 Å². The number of carbonyl (C=O) groups is 2. The van der Waals surface area contributed by atoms with Crippen molar-refractivity contribution in [1.29, 1.82) is 0 Å². The molecule has 2 N–H and O–H groups in total. The number of halogens is 2. The fourth-order valence-electron chi connectivity index (χ4n) is 4.37. The molecule has 2 aromatic carbocycles. The van der Waals surface area contributed by atoms with Crippen molar-refractivity contribution in [3.8, 4) is 16.9 Å². The summed E-state index contributed by atoms with van der Waals surface area (Å²) in [6.45, 7) is 6.18. The fourth-order valence-corrected chi connectivity index (χ4v) is 4.83. The lowest BCUT2D eigenvalue weighted by Gasteiger charge is -2.21. The molecule has 31 heavy (non-hydrogen) atoms. The second-order valence-corrected chi connectivity index (χ2v) is 8.82. The Morgan fingerprint density at radius 2 is 1.77 bits per heavy atom. The van der Waals surface area contributed by atoms with Crippen LogP contribution in [0.1, 0.15) is 0 Å². The molecule has 2 aliphatic heterocycles. The highest BCUT2D eigenvalue weighted by molar-refractivity contribution is 6.34. The first-order valence-electron chi connectivity index (χ1n) is 10.1. The van der Waals surface area contributed by atoms with Gasteiger partial charge in [0.15, 0.2) is 0 Å². The van der Waals surface area contributed by atoms with E-state index in [2.05, 4.69) is 11.9 Å². The van der Waals surface area contributed by atoms with Crippen LogP contribution in [0, 0.1) is 11.8 Å². The molecular weight excluding hydrogens is 437 g/mol. The number of likely N-dealkylation sites (tertiary alicyclic amines) is 2. The monoisotopic (exact) mass is 459 g/mol. The number of phenolic OH excluding ortho intramolecular Hbond substituents is 1. The number of nitrogens with zero attached hydrogens (tertiary/aromatic N) is 2. The van der Waals surface area contributed by atoms with Crippen molar-refractivity contribution in [3.05, 3.63) is 59.1 Å². The average molecular weight is 460 g/mol. The zero-order chi connectivity index (χ0) is 22.1. The van der Waals surface area contributed by atoms with Gasteiger partial charge in [-0.15, -0.1) is 0 Å². The molecule has 0 spiro atoms. The maximum absolute atomic E-state index is 12.7. The van der Waals surface area contributed by atoms with E-state index in [1.165, 1.54) is 12.1 Å². The van der Waals surface area contributed by atoms with Crippen LogP contribution in [0.3, 0.4) is 0 Å². The number of benzene rings is 2. The van der Waals surface area contributed by atoms with Crippen LogP contribution >= 0.6 is 23.2 Å². The van der Waals surface area contributed by atoms with Gasteiger partial charge in [-0.3, -0.25) is 9.59 Å². The van der Waals surface area contributed by atoms with E-state index in [-0.39, 0.29) is 24.1 Å². The van der Waals surface area contributed by atoms with E-state index in [4.69, 9.17) is 23.2 Å². The van der Waals surface area contributed by atoms with E-state index < -0.39 is 0 Å². The van der Waals surface area contributed by atoms with Crippen LogP contribution in [0.5, 0.6) is 5.75 Å². The second kappa shape index (κ2) is 8.81. The van der Waals surface area contributed by atoms with Crippen LogP contribution in [0.4, 0.5) is 5.69 Å². The average Bonchev–Trinajstić information content (AvgIpc) is 3.32. The van der Waals surface area contributed by atoms with Crippen molar-refractivity contribution in [1.82, 2.24) is 9.80 Å². The molecule has 0 radical (unpaired) electrons. The maximum Gasteiger partial charge on any atom is 0.245 e. The summed E-state index contributed by atoms with van der Waals surface area (Å²) >= 11 is 12.4. The zero-order valence-corrected chi connectivity index (χ0v) is 18.4. The minimum Gasteiger partial charge on any atom is -0.506 e. The lowest BCUT2D eigenvalue weighted by atomic mass is 10.0. The highest BCUT2D eigenvalue weighted by Gasteiger charge is 2.42. The molecule has 2 unspecified atom stereocenters. The van der Waals surface area contributed by atoms with Crippen molar-refractivity contribution in [2.45, 2.75) is 0 Å². The smallest absolute Gasteiger partial charge is 0.245 e. The molecule has 2 amide bonds. The lowest BCUT2D eigenvalue weighted by Crippen LogP contribution is -2.37. The van der Waals surface area contributed by atoms with E-state index >= 15 is 0 Å². The van der Waals surface area contributed by atoms with Crippen molar-refractivity contribution in [2.24, 2.45) is 11.8 Å². The van der Waals surface area contributed by atoms with Gasteiger partial charge in [0.25, 0.3) is 0 Å². The third kappa shape index (κ3) is 4.50. The molecule has 0 aliphatic carbocycles. The fraction of sp³-hybridized carbons (Fsp3) is 0.304. The van der Waals surface area contributed by atoms with Crippen molar-refractivity contribution in [3.63, 3.8) is 0 Å². The highest BCUT2D eigenvalue weighted by atomic mass is 35.5. The standard InChI is InChI=1S/C23H23Cl2N3O3/c1-2-22(30)27-10-15-12-28(13-16(15)11-27)23(31)9-26-20-7-18(19(25)8-21(20)29)14-4-3-5-17(24)6-14/h2-8,15-16,26,29H,1,9-13H2. The molecule has 2 aliphatic rings. The van der Waals surface area contributed by atoms with Gasteiger partial charge >= 0.3 is 0 Å². The SMILES string of the molecule is C=CC(=O)N1CC2CN(C(=O)CNc3cc(-c4cccc(Cl)c4)c(Cl)cc3O)CC2C1. The Morgan fingerprint density at radius 1 is 1.10 bits per heavy atom. The Bertz CT molecular complexity index is 1030. The minimum atomic E-state index is -0.0531. The van der Waals surface area contributed by atoms with Gasteiger partial charge in [-0.1, -0.05) is 41.9 Å². The quantitative estimate of drug-likeness (QED) is 0.525. The van der Waals surface area contributed by atoms with Gasteiger partial charge in [0.05, 0.1) is 17.3 Å². The molecule has 0 aromatic heterocycles. The Balaban J connectivity index is 1.40. The van der Waals surface area contributed by atoms with Crippen LogP contribution in [0.25, 0.3) is 11.1 Å². The third-order valence-electron chi connectivity index (χ3n) is 5.98. The molecule has 2 fully saturated rings. The van der Waals surface area contributed by atoms with E-state index in [9.17, 15) is 14.7 Å². The van der Waals surface area contributed by atoms with Gasteiger partial charge in [-0.2, -0.15) is 0 Å². The zero-order valence-electron chi connectivity index (χ0n) is 16.9. The molecule has 0 saturated carbocycles. The van der Waals surface area contributed by atoms with Gasteiger partial charge in [-0.05, 0) is 29.8 Å². The van der Waals surface area contributed by atoms with Crippen LogP contribution in [0.2, 0.25) is 10.0 Å². The topological polar surface area (TPSA) is 72.9 Å². The first-order valence-corrected chi connectivity index (χ1v) is 10.8. The summed E-state index contributed by atoms with van der Waals surface area (Å²) < 4.78 is 0. The van der Waals surface area contributed by atoms with Crippen molar-refractivity contribution in [2.75, 3.05) is 38.0 Å². The lowest BCUT2D eigenvalue weighted by molar-refractivity contribution is -0.128. The summed E-state index contributed by atoms with van der Waals surface area (Å²) in [7, 11) is 0. The van der Waals surface area contributed by atoms with Gasteiger partial charge in [0, 0.05) is 54.7 Å². The molecule has 2 atom stereocenters. The Kier molecular flexibility index (Phi) is 6.12. The first-order chi connectivity index (χ1) is 14.9. The number of aromatic hydroxyl groups is 1. The molecular formula is C23H23Cl2N3O3. The Labute approximate surface area is 191 Å². The summed E-state index contributed by atoms with van der Waals surface area (Å²) in [5.41, 5.74) is 1.95. The van der Waals surface area contributed by atoms with Crippen LogP contribution in [-0.4, -0.2) is 59.4 Å². The summed E-state index contributed by atoms with van der Waals surface area (Å²) in [4.78, 5) is 28.2. The van der Waals surface area contributed by atoms with Crippen LogP contribution in [0.15, 0.2) is 49.1 Å². The van der Waals surface area contributed by atoms with Crippen LogP contribution < -0.4 is 5.32 Å².